The molecule has 1 atom stereocenters. The Morgan fingerprint density at radius 1 is 0.760 bits per heavy atom. The van der Waals surface area contributed by atoms with Crippen molar-refractivity contribution in [3.63, 3.8) is 0 Å². The highest BCUT2D eigenvalue weighted by Crippen LogP contribution is 2.26. The first kappa shape index (κ1) is 17.1. The van der Waals surface area contributed by atoms with Crippen LogP contribution in [0.3, 0.4) is 0 Å². The van der Waals surface area contributed by atoms with E-state index in [1.165, 1.54) is 0 Å². The van der Waals surface area contributed by atoms with Crippen LogP contribution in [0.15, 0.2) is 89.4 Å². The summed E-state index contributed by atoms with van der Waals surface area (Å²) in [5, 5.41) is 0. The molecular formula is C21H15BrO3. The highest BCUT2D eigenvalue weighted by molar-refractivity contribution is 9.10. The maximum Gasteiger partial charge on any atom is 0.340 e. The summed E-state index contributed by atoms with van der Waals surface area (Å²) in [6.45, 7) is 0. The molecule has 4 heteroatoms. The minimum Gasteiger partial charge on any atom is -0.445 e. The second kappa shape index (κ2) is 7.90. The lowest BCUT2D eigenvalue weighted by Gasteiger charge is -2.18. The molecule has 3 aromatic rings. The molecule has 0 fully saturated rings. The zero-order chi connectivity index (χ0) is 17.6. The summed E-state index contributed by atoms with van der Waals surface area (Å²) >= 11 is 3.34. The Hall–Kier alpha value is -2.72. The monoisotopic (exact) mass is 394 g/mol. The van der Waals surface area contributed by atoms with Gasteiger partial charge in [0, 0.05) is 15.6 Å². The molecule has 3 rings (SSSR count). The maximum absolute atomic E-state index is 12.9. The van der Waals surface area contributed by atoms with Crippen molar-refractivity contribution in [2.24, 2.45) is 0 Å². The summed E-state index contributed by atoms with van der Waals surface area (Å²) in [6, 6.07) is 24.8. The van der Waals surface area contributed by atoms with E-state index in [0.717, 1.165) is 0 Å². The van der Waals surface area contributed by atoms with E-state index in [-0.39, 0.29) is 5.78 Å². The fraction of sp³-hybridized carbons (Fsp3) is 0.0476. The molecule has 0 aliphatic carbocycles. The van der Waals surface area contributed by atoms with Crippen molar-refractivity contribution >= 4 is 27.7 Å². The third-order valence-corrected chi connectivity index (χ3v) is 4.41. The van der Waals surface area contributed by atoms with Crippen molar-refractivity contribution in [1.29, 1.82) is 0 Å². The van der Waals surface area contributed by atoms with E-state index in [1.807, 2.05) is 30.3 Å². The molecule has 0 saturated heterocycles. The van der Waals surface area contributed by atoms with E-state index in [1.54, 1.807) is 54.6 Å². The molecule has 0 N–H and O–H groups in total. The second-order valence-electron chi connectivity index (χ2n) is 5.41. The Balaban J connectivity index is 1.94. The molecule has 0 aliphatic rings. The summed E-state index contributed by atoms with van der Waals surface area (Å²) in [5.41, 5.74) is 1.51. The third kappa shape index (κ3) is 4.03. The Labute approximate surface area is 154 Å². The fourth-order valence-electron chi connectivity index (χ4n) is 2.45. The Morgan fingerprint density at radius 2 is 1.32 bits per heavy atom. The molecule has 0 aromatic heterocycles. The van der Waals surface area contributed by atoms with E-state index in [9.17, 15) is 9.59 Å². The number of carbonyl (C=O) groups excluding carboxylic acids is 2. The van der Waals surface area contributed by atoms with Crippen LogP contribution in [0.1, 0.15) is 32.4 Å². The number of benzene rings is 3. The van der Waals surface area contributed by atoms with Crippen LogP contribution in [0.5, 0.6) is 0 Å². The van der Waals surface area contributed by atoms with Gasteiger partial charge in [0.2, 0.25) is 5.78 Å². The van der Waals surface area contributed by atoms with Gasteiger partial charge in [-0.15, -0.1) is 0 Å². The predicted molar refractivity (Wildman–Crippen MR) is 99.5 cm³/mol. The second-order valence-corrected chi connectivity index (χ2v) is 6.26. The van der Waals surface area contributed by atoms with Crippen molar-refractivity contribution in [3.05, 3.63) is 106 Å². The van der Waals surface area contributed by atoms with Gasteiger partial charge in [0.25, 0.3) is 0 Å². The fourth-order valence-corrected chi connectivity index (χ4v) is 2.90. The van der Waals surface area contributed by atoms with Gasteiger partial charge in [-0.3, -0.25) is 4.79 Å². The van der Waals surface area contributed by atoms with E-state index >= 15 is 0 Å². The van der Waals surface area contributed by atoms with Crippen LogP contribution < -0.4 is 0 Å². The molecule has 3 nitrogen and oxygen atoms in total. The Morgan fingerprint density at radius 3 is 1.96 bits per heavy atom. The molecule has 0 bridgehead atoms. The van der Waals surface area contributed by atoms with Gasteiger partial charge < -0.3 is 4.74 Å². The van der Waals surface area contributed by atoms with Crippen LogP contribution in [0.2, 0.25) is 0 Å². The standard InChI is InChI=1S/C21H15BrO3/c22-18-14-8-7-13-17(18)21(24)25-20(16-11-5-2-6-12-16)19(23)15-9-3-1-4-10-15/h1-14,20H. The van der Waals surface area contributed by atoms with Crippen LogP contribution in [-0.2, 0) is 4.74 Å². The van der Waals surface area contributed by atoms with Crippen LogP contribution in [-0.4, -0.2) is 11.8 Å². The van der Waals surface area contributed by atoms with Gasteiger partial charge in [0.05, 0.1) is 5.56 Å². The lowest BCUT2D eigenvalue weighted by Crippen LogP contribution is -2.20. The van der Waals surface area contributed by atoms with Gasteiger partial charge in [-0.25, -0.2) is 4.79 Å². The first-order valence-electron chi connectivity index (χ1n) is 7.76. The maximum atomic E-state index is 12.9. The number of ketones is 1. The lowest BCUT2D eigenvalue weighted by atomic mass is 10.00. The van der Waals surface area contributed by atoms with Crippen LogP contribution in [0.25, 0.3) is 0 Å². The average Bonchev–Trinajstić information content (AvgIpc) is 2.67. The molecule has 25 heavy (non-hydrogen) atoms. The van der Waals surface area contributed by atoms with Gasteiger partial charge in [-0.05, 0) is 28.1 Å². The van der Waals surface area contributed by atoms with E-state index in [0.29, 0.717) is 21.2 Å². The molecule has 0 heterocycles. The van der Waals surface area contributed by atoms with Crippen molar-refractivity contribution in [2.75, 3.05) is 0 Å². The molecule has 0 saturated carbocycles. The zero-order valence-electron chi connectivity index (χ0n) is 13.3. The minimum absolute atomic E-state index is 0.257. The predicted octanol–water partition coefficient (Wildman–Crippen LogP) is 5.23. The van der Waals surface area contributed by atoms with Gasteiger partial charge in [0.15, 0.2) is 6.10 Å². The summed E-state index contributed by atoms with van der Waals surface area (Å²) in [5.74, 6) is -0.808. The molecule has 124 valence electrons. The quantitative estimate of drug-likeness (QED) is 0.439. The van der Waals surface area contributed by atoms with E-state index < -0.39 is 12.1 Å². The van der Waals surface area contributed by atoms with Crippen molar-refractivity contribution in [3.8, 4) is 0 Å². The molecule has 1 unspecified atom stereocenters. The van der Waals surface area contributed by atoms with E-state index in [4.69, 9.17) is 4.74 Å². The van der Waals surface area contributed by atoms with Gasteiger partial charge >= 0.3 is 5.97 Å². The highest BCUT2D eigenvalue weighted by atomic mass is 79.9. The number of esters is 1. The normalized spacial score (nSPS) is 11.6. The van der Waals surface area contributed by atoms with Crippen molar-refractivity contribution in [2.45, 2.75) is 6.10 Å². The molecule has 0 amide bonds. The molecular weight excluding hydrogens is 380 g/mol. The van der Waals surface area contributed by atoms with Crippen LogP contribution >= 0.6 is 15.9 Å². The smallest absolute Gasteiger partial charge is 0.340 e. The zero-order valence-corrected chi connectivity index (χ0v) is 14.8. The molecule has 3 aromatic carbocycles. The first-order chi connectivity index (χ1) is 12.2. The van der Waals surface area contributed by atoms with Crippen LogP contribution in [0, 0.1) is 0 Å². The Bertz CT molecular complexity index is 876. The number of rotatable bonds is 5. The summed E-state index contributed by atoms with van der Waals surface area (Å²) in [6.07, 6.45) is -0.997. The molecule has 0 radical (unpaired) electrons. The SMILES string of the molecule is O=C(OC(C(=O)c1ccccc1)c1ccccc1)c1ccccc1Br. The topological polar surface area (TPSA) is 43.4 Å². The first-order valence-corrected chi connectivity index (χ1v) is 8.56. The number of hydrogen-bond acceptors (Lipinski definition) is 3. The number of carbonyl (C=O) groups is 2. The highest BCUT2D eigenvalue weighted by Gasteiger charge is 2.27. The molecule has 0 spiro atoms. The van der Waals surface area contributed by atoms with Crippen LogP contribution in [0.4, 0.5) is 0 Å². The third-order valence-electron chi connectivity index (χ3n) is 3.72. The molecule has 0 aliphatic heterocycles. The van der Waals surface area contributed by atoms with Gasteiger partial charge in [-0.2, -0.15) is 0 Å². The average molecular weight is 395 g/mol. The summed E-state index contributed by atoms with van der Waals surface area (Å²) in [7, 11) is 0. The van der Waals surface area contributed by atoms with E-state index in [2.05, 4.69) is 15.9 Å². The summed E-state index contributed by atoms with van der Waals surface area (Å²) < 4.78 is 6.23. The number of hydrogen-bond donors (Lipinski definition) is 0. The number of ether oxygens (including phenoxy) is 1. The number of halogens is 1. The van der Waals surface area contributed by atoms with Crippen molar-refractivity contribution < 1.29 is 14.3 Å². The largest absolute Gasteiger partial charge is 0.445 e. The summed E-state index contributed by atoms with van der Waals surface area (Å²) in [4.78, 5) is 25.5. The van der Waals surface area contributed by atoms with Gasteiger partial charge in [0.1, 0.15) is 0 Å². The van der Waals surface area contributed by atoms with Crippen molar-refractivity contribution in [1.82, 2.24) is 0 Å². The number of Topliss-reactive ketones (excluding diaryl/α,β-unsaturated/α-hetero) is 1. The minimum atomic E-state index is -0.997. The van der Waals surface area contributed by atoms with Gasteiger partial charge in [-0.1, -0.05) is 72.8 Å². The Kier molecular flexibility index (Phi) is 5.41. The lowest BCUT2D eigenvalue weighted by molar-refractivity contribution is 0.0279.